The molecule has 1 aromatic heterocycles. The van der Waals surface area contributed by atoms with Gasteiger partial charge >= 0.3 is 0 Å². The fourth-order valence-corrected chi connectivity index (χ4v) is 5.97. The van der Waals surface area contributed by atoms with Gasteiger partial charge in [0.15, 0.2) is 12.4 Å². The zero-order valence-electron chi connectivity index (χ0n) is 27.4. The molecule has 0 saturated heterocycles. The first-order valence-electron chi connectivity index (χ1n) is 15.7. The molecular weight excluding hydrogens is 603 g/mol. The van der Waals surface area contributed by atoms with Crippen molar-refractivity contribution in [1.82, 2.24) is 0 Å². The van der Waals surface area contributed by atoms with Crippen molar-refractivity contribution in [1.29, 1.82) is 0 Å². The number of aromatic nitrogens is 1. The summed E-state index contributed by atoms with van der Waals surface area (Å²) in [6, 6.07) is 40.8. The first kappa shape index (κ1) is 33.4. The molecule has 0 saturated carbocycles. The lowest BCUT2D eigenvalue weighted by molar-refractivity contribution is -0.696. The van der Waals surface area contributed by atoms with Gasteiger partial charge in [-0.05, 0) is 68.8 Å². The Bertz CT molecular complexity index is 1880. The highest BCUT2D eigenvalue weighted by Crippen LogP contribution is 2.38. The smallest absolute Gasteiger partial charge is 0.265 e. The van der Waals surface area contributed by atoms with Gasteiger partial charge in [-0.2, -0.15) is 8.42 Å². The molecular formula is C40H42N3O3S+. The van der Waals surface area contributed by atoms with Gasteiger partial charge in [-0.3, -0.25) is 4.55 Å². The van der Waals surface area contributed by atoms with E-state index in [4.69, 9.17) is 4.55 Å². The van der Waals surface area contributed by atoms with Crippen LogP contribution in [0.4, 0.5) is 11.4 Å². The fraction of sp³-hybridized carbons (Fsp3) is 0.175. The minimum absolute atomic E-state index is 0.244. The molecule has 0 aliphatic rings. The molecule has 0 unspecified atom stereocenters. The van der Waals surface area contributed by atoms with Gasteiger partial charge in [-0.1, -0.05) is 91.0 Å². The van der Waals surface area contributed by atoms with Crippen molar-refractivity contribution in [3.63, 3.8) is 0 Å². The van der Waals surface area contributed by atoms with Crippen molar-refractivity contribution in [2.24, 2.45) is 0 Å². The van der Waals surface area contributed by atoms with Crippen molar-refractivity contribution in [3.8, 4) is 0 Å². The van der Waals surface area contributed by atoms with Gasteiger partial charge in [0.05, 0.1) is 5.75 Å². The molecule has 4 aromatic carbocycles. The highest BCUT2D eigenvalue weighted by Gasteiger charge is 2.17. The van der Waals surface area contributed by atoms with E-state index < -0.39 is 10.1 Å². The van der Waals surface area contributed by atoms with E-state index in [2.05, 4.69) is 153 Å². The Balaban J connectivity index is 1.51. The lowest BCUT2D eigenvalue weighted by atomic mass is 9.85. The molecule has 1 heterocycles. The third kappa shape index (κ3) is 9.06. The molecule has 0 fully saturated rings. The molecule has 0 radical (unpaired) electrons. The number of rotatable bonds is 12. The minimum atomic E-state index is -3.94. The van der Waals surface area contributed by atoms with Gasteiger partial charge in [-0.15, -0.1) is 0 Å². The molecule has 240 valence electrons. The van der Waals surface area contributed by atoms with Crippen LogP contribution in [0.1, 0.15) is 39.8 Å². The molecule has 0 bridgehead atoms. The van der Waals surface area contributed by atoms with E-state index in [1.165, 1.54) is 5.57 Å². The quantitative estimate of drug-likeness (QED) is 0.0863. The Labute approximate surface area is 279 Å². The Kier molecular flexibility index (Phi) is 10.7. The predicted octanol–water partition coefficient (Wildman–Crippen LogP) is 7.56. The van der Waals surface area contributed by atoms with Crippen LogP contribution in [-0.4, -0.2) is 46.9 Å². The summed E-state index contributed by atoms with van der Waals surface area (Å²) in [6.45, 7) is 0.518. The van der Waals surface area contributed by atoms with Crippen LogP contribution in [-0.2, 0) is 16.7 Å². The molecule has 5 aromatic rings. The fourth-order valence-electron chi connectivity index (χ4n) is 5.48. The molecule has 6 nitrogen and oxygen atoms in total. The van der Waals surface area contributed by atoms with Crippen molar-refractivity contribution in [2.75, 3.05) is 43.7 Å². The second-order valence-electron chi connectivity index (χ2n) is 12.0. The monoisotopic (exact) mass is 644 g/mol. The van der Waals surface area contributed by atoms with E-state index >= 15 is 0 Å². The average Bonchev–Trinajstić information content (AvgIpc) is 3.07. The van der Waals surface area contributed by atoms with E-state index in [0.717, 1.165) is 50.3 Å². The van der Waals surface area contributed by atoms with E-state index in [-0.39, 0.29) is 5.75 Å². The number of benzene rings is 4. The van der Waals surface area contributed by atoms with Crippen molar-refractivity contribution in [2.45, 2.75) is 13.0 Å². The number of nitrogens with zero attached hydrogens (tertiary/aromatic N) is 3. The number of hydrogen-bond acceptors (Lipinski definition) is 4. The van der Waals surface area contributed by atoms with E-state index in [9.17, 15) is 8.42 Å². The first-order chi connectivity index (χ1) is 22.6. The summed E-state index contributed by atoms with van der Waals surface area (Å²) in [7, 11) is 4.29. The molecule has 0 amide bonds. The maximum atomic E-state index is 11.0. The van der Waals surface area contributed by atoms with Crippen LogP contribution in [0.15, 0.2) is 128 Å². The third-order valence-electron chi connectivity index (χ3n) is 8.06. The van der Waals surface area contributed by atoms with E-state index in [0.29, 0.717) is 13.0 Å². The Morgan fingerprint density at radius 1 is 0.596 bits per heavy atom. The van der Waals surface area contributed by atoms with Gasteiger partial charge in [0.25, 0.3) is 10.1 Å². The Hall–Kier alpha value is -4.98. The van der Waals surface area contributed by atoms with Crippen LogP contribution in [0.3, 0.4) is 0 Å². The number of hydrogen-bond donors (Lipinski definition) is 1. The summed E-state index contributed by atoms with van der Waals surface area (Å²) in [6.07, 6.45) is 8.35. The van der Waals surface area contributed by atoms with Crippen molar-refractivity contribution >= 4 is 44.8 Å². The highest BCUT2D eigenvalue weighted by atomic mass is 32.2. The predicted molar refractivity (Wildman–Crippen MR) is 196 cm³/mol. The van der Waals surface area contributed by atoms with Crippen LogP contribution in [0, 0.1) is 0 Å². The molecule has 7 heteroatoms. The number of pyridine rings is 1. The van der Waals surface area contributed by atoms with E-state index in [1.54, 1.807) is 0 Å². The summed E-state index contributed by atoms with van der Waals surface area (Å²) in [5.74, 6) is -0.244. The summed E-state index contributed by atoms with van der Waals surface area (Å²) in [5.41, 5.74) is 11.3. The normalized spacial score (nSPS) is 11.4. The van der Waals surface area contributed by atoms with Crippen molar-refractivity contribution in [3.05, 3.63) is 161 Å². The highest BCUT2D eigenvalue weighted by molar-refractivity contribution is 7.85. The van der Waals surface area contributed by atoms with Gasteiger partial charge < -0.3 is 9.80 Å². The first-order valence-corrected chi connectivity index (χ1v) is 17.3. The standard InChI is InChI=1S/C40H41N3O3S/c1-41(2)37-21-17-35(18-22-37)40(36-19-23-38(24-20-36)42(3)4)39(33-9-6-5-7-10-33)34-15-13-31(14-16-34)11-12-32-25-28-43(29-26-32)27-8-30-47(44,45)46/h5-7,9-26,28-29H,8,27,30H2,1-4H3/p+1. The maximum Gasteiger partial charge on any atom is 0.265 e. The molecule has 0 spiro atoms. The Morgan fingerprint density at radius 3 is 1.43 bits per heavy atom. The second kappa shape index (κ2) is 15.1. The van der Waals surface area contributed by atoms with Crippen LogP contribution in [0.2, 0.25) is 0 Å². The van der Waals surface area contributed by atoms with Gasteiger partial charge in [0.2, 0.25) is 0 Å². The second-order valence-corrected chi connectivity index (χ2v) is 13.5. The minimum Gasteiger partial charge on any atom is -0.378 e. The van der Waals surface area contributed by atoms with Crippen LogP contribution in [0.25, 0.3) is 23.3 Å². The largest absolute Gasteiger partial charge is 0.378 e. The van der Waals surface area contributed by atoms with Gasteiger partial charge in [-0.25, -0.2) is 4.57 Å². The lowest BCUT2D eigenvalue weighted by Crippen LogP contribution is -2.33. The SMILES string of the molecule is CN(C)c1ccc(C(=C(c2ccccc2)c2ccc(C=Cc3cc[n+](CCCS(=O)(=O)O)cc3)cc2)c2ccc(N(C)C)cc2)cc1. The molecule has 47 heavy (non-hydrogen) atoms. The summed E-state index contributed by atoms with van der Waals surface area (Å²) in [4.78, 5) is 4.23. The summed E-state index contributed by atoms with van der Waals surface area (Å²) < 4.78 is 32.8. The lowest BCUT2D eigenvalue weighted by Gasteiger charge is -2.20. The molecule has 5 rings (SSSR count). The number of aryl methyl sites for hydroxylation is 1. The topological polar surface area (TPSA) is 64.7 Å². The van der Waals surface area contributed by atoms with Gasteiger partial charge in [0.1, 0.15) is 6.54 Å². The zero-order valence-corrected chi connectivity index (χ0v) is 28.2. The summed E-state index contributed by atoms with van der Waals surface area (Å²) >= 11 is 0. The number of anilines is 2. The van der Waals surface area contributed by atoms with Gasteiger partial charge in [0, 0.05) is 58.1 Å². The van der Waals surface area contributed by atoms with E-state index in [1.807, 2.05) is 29.1 Å². The molecule has 0 aliphatic heterocycles. The average molecular weight is 645 g/mol. The molecule has 0 aliphatic carbocycles. The summed E-state index contributed by atoms with van der Waals surface area (Å²) in [5, 5.41) is 0. The zero-order chi connectivity index (χ0) is 33.4. The third-order valence-corrected chi connectivity index (χ3v) is 8.86. The van der Waals surface area contributed by atoms with Crippen LogP contribution >= 0.6 is 0 Å². The Morgan fingerprint density at radius 2 is 1.00 bits per heavy atom. The maximum absolute atomic E-state index is 11.0. The molecule has 1 N–H and O–H groups in total. The van der Waals surface area contributed by atoms with Crippen LogP contribution in [0.5, 0.6) is 0 Å². The van der Waals surface area contributed by atoms with Crippen LogP contribution < -0.4 is 14.4 Å². The van der Waals surface area contributed by atoms with Crippen molar-refractivity contribution < 1.29 is 17.5 Å². The molecule has 0 atom stereocenters.